The Kier molecular flexibility index (Phi) is 5.18. The highest BCUT2D eigenvalue weighted by Crippen LogP contribution is 2.20. The third-order valence-electron chi connectivity index (χ3n) is 3.82. The van der Waals surface area contributed by atoms with Crippen LogP contribution in [0.4, 0.5) is 5.82 Å². The molecular formula is C18H19ClN6O. The Hall–Kier alpha value is -2.93. The number of aromatic nitrogens is 5. The van der Waals surface area contributed by atoms with E-state index in [1.807, 2.05) is 39.0 Å². The number of hydrogen-bond donors (Lipinski definition) is 1. The van der Waals surface area contributed by atoms with Gasteiger partial charge in [-0.1, -0.05) is 23.8 Å². The molecule has 0 bridgehead atoms. The molecule has 0 aromatic carbocycles. The van der Waals surface area contributed by atoms with Crippen molar-refractivity contribution in [1.29, 1.82) is 0 Å². The molecule has 1 N–H and O–H groups in total. The van der Waals surface area contributed by atoms with Gasteiger partial charge in [-0.25, -0.2) is 14.2 Å². The number of fused-ring (bicyclic) bond motifs is 1. The number of amides is 1. The van der Waals surface area contributed by atoms with Crippen molar-refractivity contribution in [2.45, 2.75) is 26.8 Å². The zero-order chi connectivity index (χ0) is 18.7. The fraction of sp³-hybridized carbons (Fsp3) is 0.222. The van der Waals surface area contributed by atoms with E-state index in [0.717, 1.165) is 5.69 Å². The molecule has 1 amide bonds. The molecule has 1 atom stereocenters. The van der Waals surface area contributed by atoms with Gasteiger partial charge in [-0.3, -0.25) is 4.79 Å². The van der Waals surface area contributed by atoms with Crippen molar-refractivity contribution in [1.82, 2.24) is 24.4 Å². The van der Waals surface area contributed by atoms with Gasteiger partial charge in [0.25, 0.3) is 5.91 Å². The Bertz CT molecular complexity index is 1000. The van der Waals surface area contributed by atoms with Crippen molar-refractivity contribution in [3.63, 3.8) is 0 Å². The maximum Gasteiger partial charge on any atom is 0.262 e. The third-order valence-corrected chi connectivity index (χ3v) is 4.16. The van der Waals surface area contributed by atoms with Crippen LogP contribution in [0.15, 0.2) is 54.0 Å². The Labute approximate surface area is 156 Å². The summed E-state index contributed by atoms with van der Waals surface area (Å²) >= 11 is 6.01. The Morgan fingerprint density at radius 1 is 1.42 bits per heavy atom. The van der Waals surface area contributed by atoms with Crippen LogP contribution in [0.25, 0.3) is 5.65 Å². The van der Waals surface area contributed by atoms with Crippen LogP contribution in [0.1, 0.15) is 35.9 Å². The number of carbonyl (C=O) groups excluding carboxylic acids is 1. The normalized spacial score (nSPS) is 13.5. The fourth-order valence-electron chi connectivity index (χ4n) is 2.50. The van der Waals surface area contributed by atoms with Crippen LogP contribution in [0.5, 0.6) is 0 Å². The molecule has 0 saturated heterocycles. The van der Waals surface area contributed by atoms with Gasteiger partial charge in [0.15, 0.2) is 5.65 Å². The molecule has 7 nitrogen and oxygen atoms in total. The molecule has 3 heterocycles. The van der Waals surface area contributed by atoms with Gasteiger partial charge in [0.1, 0.15) is 11.4 Å². The van der Waals surface area contributed by atoms with Crippen molar-refractivity contribution in [3.05, 3.63) is 65.2 Å². The summed E-state index contributed by atoms with van der Waals surface area (Å²) < 4.78 is 3.30. The lowest BCUT2D eigenvalue weighted by molar-refractivity contribution is 0.102. The number of anilines is 1. The number of allylic oxidation sites excluding steroid dienone is 4. The standard InChI is InChI=1S/C18H19ClN6O/c1-4-14(19)7-6-13(3)25-16(10-12(2)23-25)22-18(26)15-11-21-24-9-5-8-20-17(15)24/h4-11,13H,1-3H3,(H,22,26)/b7-6-,14-4+. The van der Waals surface area contributed by atoms with E-state index in [2.05, 4.69) is 20.5 Å². The molecule has 26 heavy (non-hydrogen) atoms. The first-order chi connectivity index (χ1) is 12.5. The Morgan fingerprint density at radius 2 is 2.23 bits per heavy atom. The van der Waals surface area contributed by atoms with Gasteiger partial charge in [-0.05, 0) is 32.9 Å². The van der Waals surface area contributed by atoms with Crippen LogP contribution in [0, 0.1) is 6.92 Å². The molecule has 0 saturated carbocycles. The topological polar surface area (TPSA) is 77.1 Å². The van der Waals surface area contributed by atoms with Gasteiger partial charge in [0.2, 0.25) is 0 Å². The zero-order valence-corrected chi connectivity index (χ0v) is 15.5. The van der Waals surface area contributed by atoms with E-state index in [1.54, 1.807) is 33.7 Å². The van der Waals surface area contributed by atoms with Crippen molar-refractivity contribution in [2.75, 3.05) is 5.32 Å². The summed E-state index contributed by atoms with van der Waals surface area (Å²) in [5.74, 6) is 0.305. The molecule has 0 aliphatic carbocycles. The van der Waals surface area contributed by atoms with Gasteiger partial charge < -0.3 is 5.32 Å². The van der Waals surface area contributed by atoms with E-state index in [1.165, 1.54) is 6.20 Å². The van der Waals surface area contributed by atoms with Crippen LogP contribution >= 0.6 is 11.6 Å². The molecule has 8 heteroatoms. The monoisotopic (exact) mass is 370 g/mol. The highest BCUT2D eigenvalue weighted by Gasteiger charge is 2.17. The van der Waals surface area contributed by atoms with Crippen LogP contribution in [0.2, 0.25) is 0 Å². The summed E-state index contributed by atoms with van der Waals surface area (Å²) in [4.78, 5) is 16.9. The number of carbonyl (C=O) groups is 1. The molecule has 0 spiro atoms. The SMILES string of the molecule is C/C=C(Cl)\C=C/C(C)n1nc(C)cc1NC(=O)c1cnn2cccnc12. The lowest BCUT2D eigenvalue weighted by atomic mass is 10.3. The van der Waals surface area contributed by atoms with Crippen LogP contribution < -0.4 is 5.32 Å². The predicted molar refractivity (Wildman–Crippen MR) is 101 cm³/mol. The molecule has 0 aliphatic rings. The third kappa shape index (κ3) is 3.67. The molecule has 0 aliphatic heterocycles. The van der Waals surface area contributed by atoms with Gasteiger partial charge in [-0.2, -0.15) is 10.2 Å². The first-order valence-corrected chi connectivity index (χ1v) is 8.53. The summed E-state index contributed by atoms with van der Waals surface area (Å²) in [6, 6.07) is 3.48. The number of halogens is 1. The molecule has 0 radical (unpaired) electrons. The number of rotatable bonds is 5. The quantitative estimate of drug-likeness (QED) is 0.694. The second kappa shape index (κ2) is 7.53. The largest absolute Gasteiger partial charge is 0.307 e. The van der Waals surface area contributed by atoms with E-state index in [-0.39, 0.29) is 11.9 Å². The van der Waals surface area contributed by atoms with E-state index < -0.39 is 0 Å². The Morgan fingerprint density at radius 3 is 3.00 bits per heavy atom. The highest BCUT2D eigenvalue weighted by molar-refractivity contribution is 6.31. The van der Waals surface area contributed by atoms with Crippen molar-refractivity contribution >= 4 is 29.0 Å². The fourth-order valence-corrected chi connectivity index (χ4v) is 2.57. The minimum Gasteiger partial charge on any atom is -0.307 e. The summed E-state index contributed by atoms with van der Waals surface area (Å²) in [7, 11) is 0. The minimum atomic E-state index is -0.289. The van der Waals surface area contributed by atoms with E-state index in [9.17, 15) is 4.79 Å². The molecule has 0 fully saturated rings. The maximum absolute atomic E-state index is 12.7. The molecular weight excluding hydrogens is 352 g/mol. The Balaban J connectivity index is 1.86. The van der Waals surface area contributed by atoms with Gasteiger partial charge in [0.05, 0.1) is 17.9 Å². The molecule has 3 rings (SSSR count). The van der Waals surface area contributed by atoms with Crippen molar-refractivity contribution < 1.29 is 4.79 Å². The van der Waals surface area contributed by atoms with Crippen molar-refractivity contribution in [3.8, 4) is 0 Å². The summed E-state index contributed by atoms with van der Waals surface area (Å²) in [5.41, 5.74) is 1.70. The lowest BCUT2D eigenvalue weighted by Crippen LogP contribution is -2.17. The van der Waals surface area contributed by atoms with Gasteiger partial charge in [-0.15, -0.1) is 0 Å². The van der Waals surface area contributed by atoms with Gasteiger partial charge >= 0.3 is 0 Å². The summed E-state index contributed by atoms with van der Waals surface area (Å²) in [5, 5.41) is 12.1. The number of aryl methyl sites for hydroxylation is 1. The second-order valence-electron chi connectivity index (χ2n) is 5.79. The number of nitrogens with one attached hydrogen (secondary N) is 1. The lowest BCUT2D eigenvalue weighted by Gasteiger charge is -2.12. The predicted octanol–water partition coefficient (Wildman–Crippen LogP) is 3.75. The van der Waals surface area contributed by atoms with Crippen LogP contribution in [0.3, 0.4) is 0 Å². The smallest absolute Gasteiger partial charge is 0.262 e. The maximum atomic E-state index is 12.7. The second-order valence-corrected chi connectivity index (χ2v) is 6.23. The highest BCUT2D eigenvalue weighted by atomic mass is 35.5. The number of hydrogen-bond acceptors (Lipinski definition) is 4. The summed E-state index contributed by atoms with van der Waals surface area (Å²) in [6.45, 7) is 5.71. The molecule has 1 unspecified atom stereocenters. The minimum absolute atomic E-state index is 0.0882. The first-order valence-electron chi connectivity index (χ1n) is 8.15. The molecule has 3 aromatic heterocycles. The first kappa shape index (κ1) is 17.9. The van der Waals surface area contributed by atoms with Gasteiger partial charge in [0, 0.05) is 23.5 Å². The van der Waals surface area contributed by atoms with Crippen LogP contribution in [-0.2, 0) is 0 Å². The van der Waals surface area contributed by atoms with Crippen molar-refractivity contribution in [2.24, 2.45) is 0 Å². The van der Waals surface area contributed by atoms with E-state index in [4.69, 9.17) is 11.6 Å². The average molecular weight is 371 g/mol. The average Bonchev–Trinajstić information content (AvgIpc) is 3.22. The molecule has 3 aromatic rings. The molecule has 134 valence electrons. The summed E-state index contributed by atoms with van der Waals surface area (Å²) in [6.07, 6.45) is 10.4. The van der Waals surface area contributed by atoms with E-state index >= 15 is 0 Å². The van der Waals surface area contributed by atoms with E-state index in [0.29, 0.717) is 22.1 Å². The number of nitrogens with zero attached hydrogens (tertiary/aromatic N) is 5. The van der Waals surface area contributed by atoms with Crippen LogP contribution in [-0.4, -0.2) is 30.3 Å². The zero-order valence-electron chi connectivity index (χ0n) is 14.7.